The molecule has 0 saturated heterocycles. The molecule has 0 aliphatic rings. The van der Waals surface area contributed by atoms with Crippen LogP contribution in [0.4, 0.5) is 0 Å². The first-order valence-electron chi connectivity index (χ1n) is 4.92. The van der Waals surface area contributed by atoms with Crippen molar-refractivity contribution in [3.63, 3.8) is 0 Å². The van der Waals surface area contributed by atoms with Gasteiger partial charge in [-0.1, -0.05) is 37.3 Å². The molecule has 1 aromatic rings. The van der Waals surface area contributed by atoms with Crippen LogP contribution in [0.15, 0.2) is 30.3 Å². The number of nitriles is 1. The largest absolute Gasteiger partial charge is 0.372 e. The molecule has 0 fully saturated rings. The average molecular weight is 189 g/mol. The molecule has 2 heteroatoms. The molecule has 2 nitrogen and oxygen atoms in total. The third-order valence-electron chi connectivity index (χ3n) is 1.97. The zero-order valence-electron chi connectivity index (χ0n) is 8.44. The van der Waals surface area contributed by atoms with E-state index in [1.54, 1.807) is 0 Å². The van der Waals surface area contributed by atoms with Gasteiger partial charge in [0.05, 0.1) is 18.6 Å². The summed E-state index contributed by atoms with van der Waals surface area (Å²) >= 11 is 0. The minimum absolute atomic E-state index is 0.0684. The topological polar surface area (TPSA) is 33.0 Å². The van der Waals surface area contributed by atoms with Crippen molar-refractivity contribution in [2.75, 3.05) is 6.61 Å². The number of benzene rings is 1. The summed E-state index contributed by atoms with van der Waals surface area (Å²) in [5.74, 6) is 0. The van der Waals surface area contributed by atoms with E-state index >= 15 is 0 Å². The average Bonchev–Trinajstić information content (AvgIpc) is 2.25. The maximum Gasteiger partial charge on any atom is 0.0954 e. The molecule has 0 aliphatic carbocycles. The van der Waals surface area contributed by atoms with Gasteiger partial charge in [0.15, 0.2) is 0 Å². The van der Waals surface area contributed by atoms with Gasteiger partial charge in [-0.2, -0.15) is 5.26 Å². The van der Waals surface area contributed by atoms with E-state index in [2.05, 4.69) is 13.0 Å². The van der Waals surface area contributed by atoms with Crippen LogP contribution in [0.3, 0.4) is 0 Å². The fraction of sp³-hybridized carbons (Fsp3) is 0.417. The Morgan fingerprint density at radius 2 is 2.07 bits per heavy atom. The molecular formula is C12H15NO. The molecule has 0 bridgehead atoms. The Morgan fingerprint density at radius 1 is 1.36 bits per heavy atom. The molecule has 0 saturated carbocycles. The normalized spacial score (nSPS) is 12.0. The summed E-state index contributed by atoms with van der Waals surface area (Å²) < 4.78 is 5.60. The molecule has 0 amide bonds. The van der Waals surface area contributed by atoms with Crippen LogP contribution >= 0.6 is 0 Å². The van der Waals surface area contributed by atoms with Crippen LogP contribution in [-0.4, -0.2) is 6.61 Å². The number of hydrogen-bond acceptors (Lipinski definition) is 2. The highest BCUT2D eigenvalue weighted by Gasteiger charge is 2.09. The fourth-order valence-electron chi connectivity index (χ4n) is 1.28. The van der Waals surface area contributed by atoms with E-state index in [-0.39, 0.29) is 6.10 Å². The van der Waals surface area contributed by atoms with E-state index in [0.717, 1.165) is 12.0 Å². The molecule has 0 spiro atoms. The molecule has 1 atom stereocenters. The molecule has 14 heavy (non-hydrogen) atoms. The van der Waals surface area contributed by atoms with Crippen LogP contribution in [0.5, 0.6) is 0 Å². The van der Waals surface area contributed by atoms with E-state index in [0.29, 0.717) is 13.0 Å². The zero-order chi connectivity index (χ0) is 10.2. The lowest BCUT2D eigenvalue weighted by Crippen LogP contribution is -2.04. The van der Waals surface area contributed by atoms with Crippen molar-refractivity contribution in [1.82, 2.24) is 0 Å². The van der Waals surface area contributed by atoms with Gasteiger partial charge in [0, 0.05) is 6.61 Å². The maximum absolute atomic E-state index is 8.67. The second-order valence-corrected chi connectivity index (χ2v) is 3.13. The molecule has 1 rings (SSSR count). The van der Waals surface area contributed by atoms with Gasteiger partial charge in [0.1, 0.15) is 0 Å². The number of rotatable bonds is 5. The van der Waals surface area contributed by atoms with Crippen LogP contribution in [0, 0.1) is 11.3 Å². The lowest BCUT2D eigenvalue weighted by atomic mass is 10.1. The molecule has 0 heterocycles. The first kappa shape index (κ1) is 10.7. The van der Waals surface area contributed by atoms with Crippen molar-refractivity contribution < 1.29 is 4.74 Å². The highest BCUT2D eigenvalue weighted by atomic mass is 16.5. The molecule has 0 aromatic heterocycles. The lowest BCUT2D eigenvalue weighted by Gasteiger charge is -2.14. The molecule has 0 aliphatic heterocycles. The molecule has 74 valence electrons. The quantitative estimate of drug-likeness (QED) is 0.713. The van der Waals surface area contributed by atoms with Gasteiger partial charge in [-0.05, 0) is 12.0 Å². The minimum atomic E-state index is -0.0684. The summed E-state index contributed by atoms with van der Waals surface area (Å²) in [6.45, 7) is 2.77. The number of nitrogens with zero attached hydrogens (tertiary/aromatic N) is 1. The maximum atomic E-state index is 8.67. The van der Waals surface area contributed by atoms with E-state index in [1.807, 2.05) is 30.3 Å². The van der Waals surface area contributed by atoms with Crippen LogP contribution < -0.4 is 0 Å². The Hall–Kier alpha value is -1.33. The standard InChI is InChI=1S/C12H15NO/c1-2-10-14-12(8-9-13)11-6-4-3-5-7-11/h3-7,12H,2,8,10H2,1H3. The van der Waals surface area contributed by atoms with E-state index in [1.165, 1.54) is 0 Å². The van der Waals surface area contributed by atoms with E-state index in [4.69, 9.17) is 10.00 Å². The van der Waals surface area contributed by atoms with Crippen LogP contribution in [0.2, 0.25) is 0 Å². The monoisotopic (exact) mass is 189 g/mol. The van der Waals surface area contributed by atoms with Gasteiger partial charge in [0.25, 0.3) is 0 Å². The van der Waals surface area contributed by atoms with Crippen molar-refractivity contribution in [3.8, 4) is 6.07 Å². The number of hydrogen-bond donors (Lipinski definition) is 0. The molecule has 1 aromatic carbocycles. The lowest BCUT2D eigenvalue weighted by molar-refractivity contribution is 0.0563. The van der Waals surface area contributed by atoms with E-state index < -0.39 is 0 Å². The fourth-order valence-corrected chi connectivity index (χ4v) is 1.28. The van der Waals surface area contributed by atoms with Crippen LogP contribution in [0.25, 0.3) is 0 Å². The summed E-state index contributed by atoms with van der Waals surface area (Å²) in [6.07, 6.45) is 1.33. The first-order valence-corrected chi connectivity index (χ1v) is 4.92. The van der Waals surface area contributed by atoms with Gasteiger partial charge < -0.3 is 4.74 Å². The van der Waals surface area contributed by atoms with Crippen molar-refractivity contribution in [2.45, 2.75) is 25.9 Å². The Morgan fingerprint density at radius 3 is 2.64 bits per heavy atom. The van der Waals surface area contributed by atoms with E-state index in [9.17, 15) is 0 Å². The predicted molar refractivity (Wildman–Crippen MR) is 55.7 cm³/mol. The summed E-state index contributed by atoms with van der Waals surface area (Å²) in [5, 5.41) is 8.67. The second kappa shape index (κ2) is 6.17. The molecule has 1 unspecified atom stereocenters. The zero-order valence-corrected chi connectivity index (χ0v) is 8.44. The Labute approximate surface area is 85.1 Å². The minimum Gasteiger partial charge on any atom is -0.372 e. The summed E-state index contributed by atoms with van der Waals surface area (Å²) in [7, 11) is 0. The van der Waals surface area contributed by atoms with Gasteiger partial charge in [-0.15, -0.1) is 0 Å². The van der Waals surface area contributed by atoms with Crippen molar-refractivity contribution in [2.24, 2.45) is 0 Å². The first-order chi connectivity index (χ1) is 6.88. The molecular weight excluding hydrogens is 174 g/mol. The highest BCUT2D eigenvalue weighted by molar-refractivity contribution is 5.18. The third-order valence-corrected chi connectivity index (χ3v) is 1.97. The molecule has 0 N–H and O–H groups in total. The second-order valence-electron chi connectivity index (χ2n) is 3.13. The molecule has 0 radical (unpaired) electrons. The summed E-state index contributed by atoms with van der Waals surface area (Å²) in [4.78, 5) is 0. The third kappa shape index (κ3) is 3.20. The number of ether oxygens (including phenoxy) is 1. The SMILES string of the molecule is CCCOC(CC#N)c1ccccc1. The van der Waals surface area contributed by atoms with Crippen LogP contribution in [-0.2, 0) is 4.74 Å². The Bertz CT molecular complexity index is 289. The Kier molecular flexibility index (Phi) is 4.74. The van der Waals surface area contributed by atoms with Gasteiger partial charge in [-0.3, -0.25) is 0 Å². The van der Waals surface area contributed by atoms with Crippen molar-refractivity contribution in [1.29, 1.82) is 5.26 Å². The van der Waals surface area contributed by atoms with Crippen LogP contribution in [0.1, 0.15) is 31.4 Å². The van der Waals surface area contributed by atoms with Crippen molar-refractivity contribution in [3.05, 3.63) is 35.9 Å². The van der Waals surface area contributed by atoms with Gasteiger partial charge >= 0.3 is 0 Å². The Balaban J connectivity index is 2.63. The van der Waals surface area contributed by atoms with Crippen molar-refractivity contribution >= 4 is 0 Å². The summed E-state index contributed by atoms with van der Waals surface area (Å²) in [6, 6.07) is 12.0. The van der Waals surface area contributed by atoms with Gasteiger partial charge in [0.2, 0.25) is 0 Å². The smallest absolute Gasteiger partial charge is 0.0954 e. The van der Waals surface area contributed by atoms with Gasteiger partial charge in [-0.25, -0.2) is 0 Å². The highest BCUT2D eigenvalue weighted by Crippen LogP contribution is 2.20. The summed E-state index contributed by atoms with van der Waals surface area (Å²) in [5.41, 5.74) is 1.09. The predicted octanol–water partition coefficient (Wildman–Crippen LogP) is 3.07.